The molecule has 0 radical (unpaired) electrons. The van der Waals surface area contributed by atoms with Crippen LogP contribution in [-0.4, -0.2) is 5.10 Å². The third-order valence-electron chi connectivity index (χ3n) is 3.91. The van der Waals surface area contributed by atoms with Gasteiger partial charge in [0, 0.05) is 16.0 Å². The van der Waals surface area contributed by atoms with Gasteiger partial charge in [0.25, 0.3) is 5.69 Å². The molecule has 0 atom stereocenters. The molecule has 0 aliphatic rings. The lowest BCUT2D eigenvalue weighted by Crippen LogP contribution is -2.34. The zero-order chi connectivity index (χ0) is 15.6. The van der Waals surface area contributed by atoms with E-state index in [1.165, 1.54) is 0 Å². The summed E-state index contributed by atoms with van der Waals surface area (Å²) in [5.41, 5.74) is 3.09. The van der Waals surface area contributed by atoms with Gasteiger partial charge in [-0.3, -0.25) is 0 Å². The van der Waals surface area contributed by atoms with E-state index in [9.17, 15) is 5.21 Å². The van der Waals surface area contributed by atoms with E-state index < -0.39 is 0 Å². The van der Waals surface area contributed by atoms with Crippen molar-refractivity contribution in [3.8, 4) is 22.5 Å². The molecule has 0 N–H and O–H groups in total. The summed E-state index contributed by atoms with van der Waals surface area (Å²) in [6.07, 6.45) is 0. The van der Waals surface area contributed by atoms with Gasteiger partial charge in [0.1, 0.15) is 5.69 Å². The second-order valence-electron chi connectivity index (χ2n) is 5.35. The first-order valence-corrected chi connectivity index (χ1v) is 7.48. The van der Waals surface area contributed by atoms with E-state index in [0.29, 0.717) is 11.4 Å². The van der Waals surface area contributed by atoms with Gasteiger partial charge in [-0.05, 0) is 23.0 Å². The lowest BCUT2D eigenvalue weighted by molar-refractivity contribution is -0.655. The second kappa shape index (κ2) is 5.54. The molecule has 0 aliphatic heterocycles. The SMILES string of the molecule is [O-][n+]1nc(-c2ccccc2)c2ccccc2c1-c1ccccc1. The molecule has 1 aromatic heterocycles. The molecule has 3 nitrogen and oxygen atoms in total. The number of benzene rings is 3. The molecular formula is C20H14N2O. The van der Waals surface area contributed by atoms with Crippen molar-refractivity contribution in [3.05, 3.63) is 90.1 Å². The van der Waals surface area contributed by atoms with Gasteiger partial charge in [-0.15, -0.1) is 0 Å². The van der Waals surface area contributed by atoms with Gasteiger partial charge in [-0.25, -0.2) is 0 Å². The summed E-state index contributed by atoms with van der Waals surface area (Å²) >= 11 is 0. The van der Waals surface area contributed by atoms with Crippen molar-refractivity contribution in [3.63, 3.8) is 0 Å². The standard InChI is InChI=1S/C20H14N2O/c23-22-20(16-11-5-2-6-12-16)18-14-8-7-13-17(18)19(21-22)15-9-3-1-4-10-15/h1-14H. The molecule has 0 saturated carbocycles. The van der Waals surface area contributed by atoms with Crippen molar-refractivity contribution in [1.29, 1.82) is 0 Å². The molecule has 1 heterocycles. The smallest absolute Gasteiger partial charge is 0.259 e. The topological polar surface area (TPSA) is 39.8 Å². The molecule has 0 amide bonds. The quantitative estimate of drug-likeness (QED) is 0.411. The zero-order valence-electron chi connectivity index (χ0n) is 12.4. The predicted molar refractivity (Wildman–Crippen MR) is 91.6 cm³/mol. The molecule has 4 aromatic rings. The number of hydrogen-bond acceptors (Lipinski definition) is 2. The van der Waals surface area contributed by atoms with Crippen LogP contribution in [0.4, 0.5) is 0 Å². The van der Waals surface area contributed by atoms with Gasteiger partial charge in [-0.2, -0.15) is 0 Å². The van der Waals surface area contributed by atoms with Crippen LogP contribution < -0.4 is 4.85 Å². The van der Waals surface area contributed by atoms with Crippen LogP contribution in [0.1, 0.15) is 0 Å². The van der Waals surface area contributed by atoms with Gasteiger partial charge in [0.05, 0.1) is 10.9 Å². The van der Waals surface area contributed by atoms with Crippen LogP contribution in [0.2, 0.25) is 0 Å². The van der Waals surface area contributed by atoms with Gasteiger partial charge < -0.3 is 5.21 Å². The summed E-state index contributed by atoms with van der Waals surface area (Å²) < 4.78 is 0. The van der Waals surface area contributed by atoms with Crippen molar-refractivity contribution in [2.24, 2.45) is 0 Å². The normalized spacial score (nSPS) is 10.8. The summed E-state index contributed by atoms with van der Waals surface area (Å²) in [5, 5.41) is 18.8. The van der Waals surface area contributed by atoms with E-state index in [1.807, 2.05) is 84.9 Å². The summed E-state index contributed by atoms with van der Waals surface area (Å²) in [5.74, 6) is 0. The predicted octanol–water partition coefficient (Wildman–Crippen LogP) is 4.20. The molecule has 0 aliphatic carbocycles. The van der Waals surface area contributed by atoms with Crippen molar-refractivity contribution < 1.29 is 4.85 Å². The number of fused-ring (bicyclic) bond motifs is 1. The Morgan fingerprint density at radius 3 is 1.78 bits per heavy atom. The van der Waals surface area contributed by atoms with Crippen LogP contribution in [0.5, 0.6) is 0 Å². The van der Waals surface area contributed by atoms with E-state index in [1.54, 1.807) is 0 Å². The first-order valence-electron chi connectivity index (χ1n) is 7.48. The lowest BCUT2D eigenvalue weighted by atomic mass is 10.0. The monoisotopic (exact) mass is 298 g/mol. The highest BCUT2D eigenvalue weighted by molar-refractivity contribution is 6.00. The third-order valence-corrected chi connectivity index (χ3v) is 3.91. The van der Waals surface area contributed by atoms with Gasteiger partial charge in [0.15, 0.2) is 0 Å². The fourth-order valence-corrected chi connectivity index (χ4v) is 2.87. The Kier molecular flexibility index (Phi) is 3.24. The molecule has 23 heavy (non-hydrogen) atoms. The maximum absolute atomic E-state index is 12.6. The fraction of sp³-hybridized carbons (Fsp3) is 0. The van der Waals surface area contributed by atoms with Gasteiger partial charge in [-0.1, -0.05) is 66.7 Å². The Morgan fingerprint density at radius 2 is 1.13 bits per heavy atom. The molecule has 0 fully saturated rings. The van der Waals surface area contributed by atoms with Crippen molar-refractivity contribution in [1.82, 2.24) is 5.10 Å². The van der Waals surface area contributed by atoms with Crippen LogP contribution in [0, 0.1) is 5.21 Å². The molecule has 0 saturated heterocycles. The van der Waals surface area contributed by atoms with Crippen LogP contribution >= 0.6 is 0 Å². The second-order valence-corrected chi connectivity index (χ2v) is 5.35. The van der Waals surface area contributed by atoms with Crippen LogP contribution in [-0.2, 0) is 0 Å². The third kappa shape index (κ3) is 2.32. The van der Waals surface area contributed by atoms with Crippen molar-refractivity contribution in [2.45, 2.75) is 0 Å². The first kappa shape index (κ1) is 13.5. The molecule has 0 unspecified atom stereocenters. The number of rotatable bonds is 2. The minimum atomic E-state index is 0.584. The van der Waals surface area contributed by atoms with Crippen LogP contribution in [0.15, 0.2) is 84.9 Å². The first-order chi connectivity index (χ1) is 11.3. The molecule has 4 rings (SSSR count). The molecule has 0 spiro atoms. The minimum Gasteiger partial charge on any atom is -0.594 e. The Bertz CT molecular complexity index is 967. The average Bonchev–Trinajstić information content (AvgIpc) is 2.62. The van der Waals surface area contributed by atoms with E-state index in [-0.39, 0.29) is 0 Å². The van der Waals surface area contributed by atoms with E-state index >= 15 is 0 Å². The van der Waals surface area contributed by atoms with Crippen molar-refractivity contribution >= 4 is 10.8 Å². The molecule has 3 heteroatoms. The largest absolute Gasteiger partial charge is 0.594 e. The molecule has 0 bridgehead atoms. The van der Waals surface area contributed by atoms with E-state index in [4.69, 9.17) is 0 Å². The maximum atomic E-state index is 12.6. The highest BCUT2D eigenvalue weighted by Gasteiger charge is 2.19. The summed E-state index contributed by atoms with van der Waals surface area (Å²) in [4.78, 5) is 0.736. The minimum absolute atomic E-state index is 0.584. The summed E-state index contributed by atoms with van der Waals surface area (Å²) in [7, 11) is 0. The van der Waals surface area contributed by atoms with E-state index in [2.05, 4.69) is 5.10 Å². The zero-order valence-corrected chi connectivity index (χ0v) is 12.4. The highest BCUT2D eigenvalue weighted by Crippen LogP contribution is 2.30. The number of hydrogen-bond donors (Lipinski definition) is 0. The Morgan fingerprint density at radius 1 is 0.609 bits per heavy atom. The number of aromatic nitrogens is 2. The molecule has 110 valence electrons. The molecular weight excluding hydrogens is 284 g/mol. The molecule has 3 aromatic carbocycles. The maximum Gasteiger partial charge on any atom is 0.259 e. The fourth-order valence-electron chi connectivity index (χ4n) is 2.87. The van der Waals surface area contributed by atoms with Crippen LogP contribution in [0.25, 0.3) is 33.3 Å². The number of nitrogens with zero attached hydrogens (tertiary/aromatic N) is 2. The highest BCUT2D eigenvalue weighted by atomic mass is 16.5. The lowest BCUT2D eigenvalue weighted by Gasteiger charge is -2.10. The Balaban J connectivity index is 2.07. The van der Waals surface area contributed by atoms with Gasteiger partial charge >= 0.3 is 0 Å². The van der Waals surface area contributed by atoms with Crippen molar-refractivity contribution in [2.75, 3.05) is 0 Å². The van der Waals surface area contributed by atoms with Crippen LogP contribution in [0.3, 0.4) is 0 Å². The Hall–Kier alpha value is -3.20. The average molecular weight is 298 g/mol. The Labute approximate surface area is 134 Å². The summed E-state index contributed by atoms with van der Waals surface area (Å²) in [6.45, 7) is 0. The summed E-state index contributed by atoms with van der Waals surface area (Å²) in [6, 6.07) is 27.3. The van der Waals surface area contributed by atoms with Gasteiger partial charge in [0.2, 0.25) is 0 Å². The van der Waals surface area contributed by atoms with E-state index in [0.717, 1.165) is 26.7 Å².